The van der Waals surface area contributed by atoms with Gasteiger partial charge in [0, 0.05) is 12.4 Å². The number of ether oxygens (including phenoxy) is 1. The fourth-order valence-corrected chi connectivity index (χ4v) is 2.53. The molecule has 2 nitrogen and oxygen atoms in total. The van der Waals surface area contributed by atoms with E-state index in [0.717, 1.165) is 25.0 Å². The van der Waals surface area contributed by atoms with Crippen molar-refractivity contribution in [1.82, 2.24) is 4.90 Å². The summed E-state index contributed by atoms with van der Waals surface area (Å²) in [4.78, 5) is 2.54. The van der Waals surface area contributed by atoms with Gasteiger partial charge >= 0.3 is 0 Å². The lowest BCUT2D eigenvalue weighted by Crippen LogP contribution is -2.29. The van der Waals surface area contributed by atoms with Crippen LogP contribution in [0.4, 0.5) is 0 Å². The molecule has 1 aliphatic rings. The van der Waals surface area contributed by atoms with Crippen molar-refractivity contribution < 1.29 is 4.74 Å². The standard InChI is InChI=1S/C13H26ClNO/c1-12(2)13-4-3-7-15(8-5-13)9-11-16-10-6-14/h12-13H,3-11H2,1-2H3. The maximum Gasteiger partial charge on any atom is 0.0602 e. The highest BCUT2D eigenvalue weighted by molar-refractivity contribution is 6.17. The van der Waals surface area contributed by atoms with Crippen molar-refractivity contribution in [3.8, 4) is 0 Å². The fraction of sp³-hybridized carbons (Fsp3) is 1.00. The molecule has 0 saturated carbocycles. The number of halogens is 1. The van der Waals surface area contributed by atoms with Crippen LogP contribution in [0.15, 0.2) is 0 Å². The van der Waals surface area contributed by atoms with Gasteiger partial charge in [-0.1, -0.05) is 13.8 Å². The van der Waals surface area contributed by atoms with Crippen molar-refractivity contribution in [3.63, 3.8) is 0 Å². The molecular formula is C13H26ClNO. The molecule has 1 fully saturated rings. The number of rotatable bonds is 6. The second kappa shape index (κ2) is 8.32. The van der Waals surface area contributed by atoms with Gasteiger partial charge in [-0.25, -0.2) is 0 Å². The van der Waals surface area contributed by atoms with Crippen LogP contribution in [0.1, 0.15) is 33.1 Å². The van der Waals surface area contributed by atoms with E-state index >= 15 is 0 Å². The van der Waals surface area contributed by atoms with Gasteiger partial charge in [-0.15, -0.1) is 11.6 Å². The molecule has 1 rings (SSSR count). The van der Waals surface area contributed by atoms with Crippen LogP contribution in [0, 0.1) is 11.8 Å². The summed E-state index contributed by atoms with van der Waals surface area (Å²) in [7, 11) is 0. The molecule has 0 aliphatic carbocycles. The first kappa shape index (κ1) is 14.3. The van der Waals surface area contributed by atoms with Gasteiger partial charge in [-0.2, -0.15) is 0 Å². The quantitative estimate of drug-likeness (QED) is 0.529. The van der Waals surface area contributed by atoms with Crippen molar-refractivity contribution in [2.24, 2.45) is 11.8 Å². The summed E-state index contributed by atoms with van der Waals surface area (Å²) in [5, 5.41) is 0. The second-order valence-corrected chi connectivity index (χ2v) is 5.46. The topological polar surface area (TPSA) is 12.5 Å². The largest absolute Gasteiger partial charge is 0.379 e. The molecule has 0 aromatic heterocycles. The van der Waals surface area contributed by atoms with Gasteiger partial charge in [-0.05, 0) is 44.2 Å². The number of hydrogen-bond acceptors (Lipinski definition) is 2. The van der Waals surface area contributed by atoms with E-state index in [2.05, 4.69) is 18.7 Å². The molecule has 0 N–H and O–H groups in total. The van der Waals surface area contributed by atoms with Crippen LogP contribution in [0.3, 0.4) is 0 Å². The molecule has 0 bridgehead atoms. The second-order valence-electron chi connectivity index (χ2n) is 5.08. The van der Waals surface area contributed by atoms with E-state index in [-0.39, 0.29) is 0 Å². The van der Waals surface area contributed by atoms with Gasteiger partial charge in [0.15, 0.2) is 0 Å². The van der Waals surface area contributed by atoms with Gasteiger partial charge in [0.05, 0.1) is 13.2 Å². The van der Waals surface area contributed by atoms with Crippen LogP contribution < -0.4 is 0 Å². The van der Waals surface area contributed by atoms with E-state index in [0.29, 0.717) is 12.5 Å². The molecule has 1 unspecified atom stereocenters. The van der Waals surface area contributed by atoms with E-state index in [1.54, 1.807) is 0 Å². The predicted molar refractivity (Wildman–Crippen MR) is 70.2 cm³/mol. The van der Waals surface area contributed by atoms with Crippen LogP contribution in [0.2, 0.25) is 0 Å². The van der Waals surface area contributed by atoms with E-state index in [1.807, 2.05) is 0 Å². The van der Waals surface area contributed by atoms with Crippen molar-refractivity contribution in [3.05, 3.63) is 0 Å². The highest BCUT2D eigenvalue weighted by atomic mass is 35.5. The minimum atomic E-state index is 0.607. The Balaban J connectivity index is 2.15. The maximum absolute atomic E-state index is 5.56. The molecule has 16 heavy (non-hydrogen) atoms. The molecule has 96 valence electrons. The van der Waals surface area contributed by atoms with E-state index in [9.17, 15) is 0 Å². The van der Waals surface area contributed by atoms with E-state index < -0.39 is 0 Å². The summed E-state index contributed by atoms with van der Waals surface area (Å²) in [6, 6.07) is 0. The van der Waals surface area contributed by atoms with Gasteiger partial charge < -0.3 is 9.64 Å². The van der Waals surface area contributed by atoms with Gasteiger partial charge in [0.25, 0.3) is 0 Å². The molecule has 3 heteroatoms. The van der Waals surface area contributed by atoms with Crippen molar-refractivity contribution in [1.29, 1.82) is 0 Å². The molecule has 1 atom stereocenters. The average Bonchev–Trinajstić information content (AvgIpc) is 2.50. The Labute approximate surface area is 105 Å². The Hall–Kier alpha value is 0.210. The van der Waals surface area contributed by atoms with Crippen molar-refractivity contribution in [2.75, 3.05) is 38.7 Å². The van der Waals surface area contributed by atoms with Crippen LogP contribution in [0.25, 0.3) is 0 Å². The first-order chi connectivity index (χ1) is 7.74. The van der Waals surface area contributed by atoms with Crippen LogP contribution in [0.5, 0.6) is 0 Å². The molecule has 0 spiro atoms. The zero-order valence-corrected chi connectivity index (χ0v) is 11.5. The highest BCUT2D eigenvalue weighted by Crippen LogP contribution is 2.24. The summed E-state index contributed by atoms with van der Waals surface area (Å²) in [6.07, 6.45) is 4.10. The molecule has 0 aromatic rings. The molecule has 1 heterocycles. The maximum atomic E-state index is 5.56. The third-order valence-corrected chi connectivity index (χ3v) is 3.74. The minimum Gasteiger partial charge on any atom is -0.379 e. The lowest BCUT2D eigenvalue weighted by atomic mass is 9.89. The van der Waals surface area contributed by atoms with Crippen LogP contribution >= 0.6 is 11.6 Å². The average molecular weight is 248 g/mol. The monoisotopic (exact) mass is 247 g/mol. The molecule has 0 radical (unpaired) electrons. The number of nitrogens with zero attached hydrogens (tertiary/aromatic N) is 1. The summed E-state index contributed by atoms with van der Waals surface area (Å²) in [5.41, 5.74) is 0. The SMILES string of the molecule is CC(C)C1CCCN(CCOCCCl)CC1. The first-order valence-electron chi connectivity index (χ1n) is 6.60. The number of alkyl halides is 1. The predicted octanol–water partition coefficient (Wildman–Crippen LogP) is 3.00. The normalized spacial score (nSPS) is 23.6. The van der Waals surface area contributed by atoms with E-state index in [1.165, 1.54) is 32.4 Å². The van der Waals surface area contributed by atoms with Gasteiger partial charge in [-0.3, -0.25) is 0 Å². The van der Waals surface area contributed by atoms with Crippen molar-refractivity contribution in [2.45, 2.75) is 33.1 Å². The Morgan fingerprint density at radius 2 is 2.06 bits per heavy atom. The van der Waals surface area contributed by atoms with Crippen molar-refractivity contribution >= 4 is 11.6 Å². The third-order valence-electron chi connectivity index (χ3n) is 3.58. The number of likely N-dealkylation sites (tertiary alicyclic amines) is 1. The molecule has 0 aromatic carbocycles. The zero-order chi connectivity index (χ0) is 11.8. The molecule has 0 amide bonds. The zero-order valence-electron chi connectivity index (χ0n) is 10.8. The van der Waals surface area contributed by atoms with Crippen LogP contribution in [-0.4, -0.2) is 43.6 Å². The van der Waals surface area contributed by atoms with Gasteiger partial charge in [0.1, 0.15) is 0 Å². The molecule has 1 saturated heterocycles. The third kappa shape index (κ3) is 5.51. The van der Waals surface area contributed by atoms with Crippen LogP contribution in [-0.2, 0) is 4.74 Å². The lowest BCUT2D eigenvalue weighted by Gasteiger charge is -2.21. The summed E-state index contributed by atoms with van der Waals surface area (Å²) < 4.78 is 5.43. The fourth-order valence-electron chi connectivity index (χ4n) is 2.42. The Kier molecular flexibility index (Phi) is 7.42. The Morgan fingerprint density at radius 1 is 1.25 bits per heavy atom. The summed E-state index contributed by atoms with van der Waals surface area (Å²) in [6.45, 7) is 9.78. The Morgan fingerprint density at radius 3 is 2.75 bits per heavy atom. The lowest BCUT2D eigenvalue weighted by molar-refractivity contribution is 0.115. The summed E-state index contributed by atoms with van der Waals surface area (Å²) >= 11 is 5.56. The highest BCUT2D eigenvalue weighted by Gasteiger charge is 2.18. The smallest absolute Gasteiger partial charge is 0.0602 e. The summed E-state index contributed by atoms with van der Waals surface area (Å²) in [5.74, 6) is 2.37. The van der Waals surface area contributed by atoms with E-state index in [4.69, 9.17) is 16.3 Å². The Bertz CT molecular complexity index is 175. The number of hydrogen-bond donors (Lipinski definition) is 0. The van der Waals surface area contributed by atoms with Gasteiger partial charge in [0.2, 0.25) is 0 Å². The molecule has 1 aliphatic heterocycles. The minimum absolute atomic E-state index is 0.607. The first-order valence-corrected chi connectivity index (χ1v) is 7.13. The molecular weight excluding hydrogens is 222 g/mol.